The van der Waals surface area contributed by atoms with Crippen LogP contribution in [0.3, 0.4) is 0 Å². The Morgan fingerprint density at radius 2 is 1.88 bits per heavy atom. The fourth-order valence-corrected chi connectivity index (χ4v) is 2.55. The number of halogens is 2. The number of rotatable bonds is 8. The molecule has 2 aromatic rings. The van der Waals surface area contributed by atoms with Crippen molar-refractivity contribution in [2.75, 3.05) is 6.54 Å². The van der Waals surface area contributed by atoms with Gasteiger partial charge < -0.3 is 14.7 Å². The zero-order valence-electron chi connectivity index (χ0n) is 14.0. The van der Waals surface area contributed by atoms with Gasteiger partial charge >= 0.3 is 12.1 Å². The van der Waals surface area contributed by atoms with Crippen LogP contribution in [0.1, 0.15) is 24.0 Å². The van der Waals surface area contributed by atoms with Gasteiger partial charge in [-0.25, -0.2) is 9.18 Å². The molecule has 0 saturated carbocycles. The second-order valence-corrected chi connectivity index (χ2v) is 6.10. The van der Waals surface area contributed by atoms with Gasteiger partial charge in [0.25, 0.3) is 0 Å². The fraction of sp³-hybridized carbons (Fsp3) is 0.263. The molecule has 0 aliphatic rings. The Hall–Kier alpha value is -2.60. The maximum absolute atomic E-state index is 13.2. The minimum atomic E-state index is -0.942. The Kier molecular flexibility index (Phi) is 7.41. The Morgan fingerprint density at radius 1 is 1.15 bits per heavy atom. The highest BCUT2D eigenvalue weighted by atomic mass is 35.5. The van der Waals surface area contributed by atoms with E-state index in [9.17, 15) is 14.0 Å². The van der Waals surface area contributed by atoms with Gasteiger partial charge in [0.05, 0.1) is 6.54 Å². The summed E-state index contributed by atoms with van der Waals surface area (Å²) in [5, 5.41) is 8.98. The average Bonchev–Trinajstić information content (AvgIpc) is 2.61. The molecule has 1 amide bonds. The first-order chi connectivity index (χ1) is 12.5. The number of benzene rings is 2. The number of carbonyl (C=O) groups is 2. The van der Waals surface area contributed by atoms with Crippen LogP contribution in [0.4, 0.5) is 9.18 Å². The molecule has 0 fully saturated rings. The van der Waals surface area contributed by atoms with Crippen molar-refractivity contribution in [3.63, 3.8) is 0 Å². The summed E-state index contributed by atoms with van der Waals surface area (Å²) in [4.78, 5) is 24.5. The summed E-state index contributed by atoms with van der Waals surface area (Å²) in [5.74, 6) is -1.41. The third kappa shape index (κ3) is 6.37. The molecule has 0 bridgehead atoms. The SMILES string of the molecule is O=C(O)CCCN(Cc1ccc(F)cc1Cl)C(=O)OCc1ccccc1. The first kappa shape index (κ1) is 19.7. The Labute approximate surface area is 156 Å². The van der Waals surface area contributed by atoms with Gasteiger partial charge in [0.2, 0.25) is 0 Å². The smallest absolute Gasteiger partial charge is 0.410 e. The van der Waals surface area contributed by atoms with Gasteiger partial charge in [-0.1, -0.05) is 48.0 Å². The largest absolute Gasteiger partial charge is 0.481 e. The molecular formula is C19H19ClFNO4. The number of carboxylic acid groups (broad SMARTS) is 1. The highest BCUT2D eigenvalue weighted by Crippen LogP contribution is 2.20. The maximum atomic E-state index is 13.2. The topological polar surface area (TPSA) is 66.8 Å². The molecule has 0 atom stereocenters. The van der Waals surface area contributed by atoms with E-state index in [2.05, 4.69) is 0 Å². The van der Waals surface area contributed by atoms with Crippen LogP contribution in [0, 0.1) is 5.82 Å². The van der Waals surface area contributed by atoms with E-state index in [1.807, 2.05) is 30.3 Å². The van der Waals surface area contributed by atoms with E-state index in [1.165, 1.54) is 23.1 Å². The normalized spacial score (nSPS) is 10.4. The summed E-state index contributed by atoms with van der Waals surface area (Å²) < 4.78 is 18.5. The molecule has 1 N–H and O–H groups in total. The second kappa shape index (κ2) is 9.77. The molecule has 2 aromatic carbocycles. The summed E-state index contributed by atoms with van der Waals surface area (Å²) in [5.41, 5.74) is 1.39. The molecule has 0 aromatic heterocycles. The minimum Gasteiger partial charge on any atom is -0.481 e. The first-order valence-corrected chi connectivity index (χ1v) is 8.45. The number of amides is 1. The lowest BCUT2D eigenvalue weighted by Gasteiger charge is -2.22. The predicted octanol–water partition coefficient (Wildman–Crippen LogP) is 4.48. The van der Waals surface area contributed by atoms with Crippen LogP contribution in [0.2, 0.25) is 5.02 Å². The number of carboxylic acids is 1. The number of carbonyl (C=O) groups excluding carboxylic acids is 1. The van der Waals surface area contributed by atoms with Crippen LogP contribution in [0.15, 0.2) is 48.5 Å². The molecule has 0 saturated heterocycles. The zero-order valence-corrected chi connectivity index (χ0v) is 14.8. The molecule has 26 heavy (non-hydrogen) atoms. The van der Waals surface area contributed by atoms with Crippen molar-refractivity contribution in [3.05, 3.63) is 70.5 Å². The van der Waals surface area contributed by atoms with Gasteiger partial charge in [-0.15, -0.1) is 0 Å². The third-order valence-electron chi connectivity index (χ3n) is 3.66. The van der Waals surface area contributed by atoms with Crippen molar-refractivity contribution >= 4 is 23.7 Å². The lowest BCUT2D eigenvalue weighted by molar-refractivity contribution is -0.137. The number of ether oxygens (including phenoxy) is 1. The van der Waals surface area contributed by atoms with Crippen LogP contribution in [-0.4, -0.2) is 28.6 Å². The van der Waals surface area contributed by atoms with E-state index >= 15 is 0 Å². The third-order valence-corrected chi connectivity index (χ3v) is 4.01. The van der Waals surface area contributed by atoms with Crippen molar-refractivity contribution in [2.24, 2.45) is 0 Å². The summed E-state index contributed by atoms with van der Waals surface area (Å²) in [6.45, 7) is 0.395. The Morgan fingerprint density at radius 3 is 2.54 bits per heavy atom. The lowest BCUT2D eigenvalue weighted by atomic mass is 10.2. The number of nitrogens with zero attached hydrogens (tertiary/aromatic N) is 1. The van der Waals surface area contributed by atoms with E-state index < -0.39 is 17.9 Å². The van der Waals surface area contributed by atoms with Gasteiger partial charge in [-0.05, 0) is 29.7 Å². The fourth-order valence-electron chi connectivity index (χ4n) is 2.32. The van der Waals surface area contributed by atoms with Gasteiger partial charge in [0, 0.05) is 18.0 Å². The van der Waals surface area contributed by atoms with E-state index in [-0.39, 0.29) is 37.6 Å². The molecule has 0 aliphatic heterocycles. The highest BCUT2D eigenvalue weighted by molar-refractivity contribution is 6.31. The molecular weight excluding hydrogens is 361 g/mol. The van der Waals surface area contributed by atoms with Crippen molar-refractivity contribution in [3.8, 4) is 0 Å². The zero-order chi connectivity index (χ0) is 18.9. The van der Waals surface area contributed by atoms with Crippen molar-refractivity contribution < 1.29 is 23.8 Å². The van der Waals surface area contributed by atoms with Crippen LogP contribution in [0.25, 0.3) is 0 Å². The van der Waals surface area contributed by atoms with E-state index in [0.717, 1.165) is 5.56 Å². The molecule has 0 radical (unpaired) electrons. The van der Waals surface area contributed by atoms with Gasteiger partial charge in [0.15, 0.2) is 0 Å². The minimum absolute atomic E-state index is 0.0698. The lowest BCUT2D eigenvalue weighted by Crippen LogP contribution is -2.32. The summed E-state index contributed by atoms with van der Waals surface area (Å²) in [6, 6.07) is 13.1. The average molecular weight is 380 g/mol. The predicted molar refractivity (Wildman–Crippen MR) is 95.3 cm³/mol. The van der Waals surface area contributed by atoms with Crippen molar-refractivity contribution in [2.45, 2.75) is 26.0 Å². The standard InChI is InChI=1S/C19H19ClFNO4/c20-17-11-16(21)9-8-15(17)12-22(10-4-7-18(23)24)19(25)26-13-14-5-2-1-3-6-14/h1-3,5-6,8-9,11H,4,7,10,12-13H2,(H,23,24). The second-order valence-electron chi connectivity index (χ2n) is 5.69. The van der Waals surface area contributed by atoms with E-state index in [0.29, 0.717) is 5.56 Å². The van der Waals surface area contributed by atoms with Crippen LogP contribution >= 0.6 is 11.6 Å². The summed E-state index contributed by atoms with van der Waals surface area (Å²) >= 11 is 6.02. The van der Waals surface area contributed by atoms with Crippen LogP contribution < -0.4 is 0 Å². The van der Waals surface area contributed by atoms with Crippen molar-refractivity contribution in [1.82, 2.24) is 4.90 Å². The molecule has 0 unspecified atom stereocenters. The number of hydrogen-bond acceptors (Lipinski definition) is 3. The maximum Gasteiger partial charge on any atom is 0.410 e. The first-order valence-electron chi connectivity index (χ1n) is 8.07. The molecule has 0 heterocycles. The molecule has 7 heteroatoms. The quantitative estimate of drug-likeness (QED) is 0.734. The monoisotopic (exact) mass is 379 g/mol. The van der Waals surface area contributed by atoms with E-state index in [1.54, 1.807) is 0 Å². The molecule has 2 rings (SSSR count). The summed E-state index contributed by atoms with van der Waals surface area (Å²) in [6.07, 6.45) is -0.381. The molecule has 0 spiro atoms. The van der Waals surface area contributed by atoms with Crippen LogP contribution in [0.5, 0.6) is 0 Å². The van der Waals surface area contributed by atoms with Gasteiger partial charge in [-0.2, -0.15) is 0 Å². The molecule has 138 valence electrons. The Balaban J connectivity index is 2.03. The number of hydrogen-bond donors (Lipinski definition) is 1. The number of aliphatic carboxylic acids is 1. The van der Waals surface area contributed by atoms with Crippen molar-refractivity contribution in [1.29, 1.82) is 0 Å². The highest BCUT2D eigenvalue weighted by Gasteiger charge is 2.17. The van der Waals surface area contributed by atoms with E-state index in [4.69, 9.17) is 21.4 Å². The molecule has 5 nitrogen and oxygen atoms in total. The van der Waals surface area contributed by atoms with Crippen LogP contribution in [-0.2, 0) is 22.7 Å². The summed E-state index contributed by atoms with van der Waals surface area (Å²) in [7, 11) is 0. The Bertz CT molecular complexity index is 754. The molecule has 0 aliphatic carbocycles. The van der Waals surface area contributed by atoms with Gasteiger partial charge in [-0.3, -0.25) is 4.79 Å². The van der Waals surface area contributed by atoms with Gasteiger partial charge in [0.1, 0.15) is 12.4 Å².